The van der Waals surface area contributed by atoms with Crippen molar-refractivity contribution in [2.45, 2.75) is 90.7 Å². The summed E-state index contributed by atoms with van der Waals surface area (Å²) in [5.41, 5.74) is -0.00491. The maximum atomic E-state index is 5.53. The van der Waals surface area contributed by atoms with Crippen LogP contribution in [0.2, 0.25) is 0 Å². The molecule has 110 valence electrons. The van der Waals surface area contributed by atoms with E-state index in [4.69, 9.17) is 4.74 Å². The highest BCUT2D eigenvalue weighted by molar-refractivity contribution is 4.78. The average Bonchev–Trinajstić information content (AvgIpc) is 2.33. The van der Waals surface area contributed by atoms with E-state index in [0.29, 0.717) is 6.04 Å². The number of ether oxygens (including phenoxy) is 1. The molecule has 0 rings (SSSR count). The molecule has 0 saturated carbocycles. The average molecular weight is 257 g/mol. The third kappa shape index (κ3) is 9.90. The second-order valence-electron chi connectivity index (χ2n) is 5.98. The zero-order valence-corrected chi connectivity index (χ0v) is 13.3. The lowest BCUT2D eigenvalue weighted by Gasteiger charge is -2.29. The summed E-state index contributed by atoms with van der Waals surface area (Å²) >= 11 is 0. The molecular weight excluding hydrogens is 222 g/mol. The molecule has 2 nitrogen and oxygen atoms in total. The number of hydrogen-bond acceptors (Lipinski definition) is 2. The van der Waals surface area contributed by atoms with Crippen molar-refractivity contribution in [2.75, 3.05) is 13.7 Å². The monoisotopic (exact) mass is 257 g/mol. The molecule has 0 heterocycles. The van der Waals surface area contributed by atoms with Crippen LogP contribution in [0.15, 0.2) is 0 Å². The number of hydrogen-bond donors (Lipinski definition) is 1. The molecule has 0 aromatic rings. The first-order valence-corrected chi connectivity index (χ1v) is 7.84. The van der Waals surface area contributed by atoms with E-state index in [1.54, 1.807) is 0 Å². The van der Waals surface area contributed by atoms with Crippen LogP contribution in [-0.2, 0) is 4.74 Å². The maximum absolute atomic E-state index is 5.53. The summed E-state index contributed by atoms with van der Waals surface area (Å²) in [7, 11) is 1.81. The highest BCUT2D eigenvalue weighted by Crippen LogP contribution is 2.19. The fourth-order valence-electron chi connectivity index (χ4n) is 2.41. The topological polar surface area (TPSA) is 21.3 Å². The van der Waals surface area contributed by atoms with Gasteiger partial charge in [0, 0.05) is 13.2 Å². The Morgan fingerprint density at radius 3 is 2.17 bits per heavy atom. The zero-order valence-electron chi connectivity index (χ0n) is 13.3. The standard InChI is InChI=1S/C16H35NO/c1-6-8-9-10-11-12-13-15(17-7-2)14-16(3,4)18-5/h15,17H,6-14H2,1-5H3. The van der Waals surface area contributed by atoms with Gasteiger partial charge in [-0.25, -0.2) is 0 Å². The molecule has 0 aliphatic carbocycles. The largest absolute Gasteiger partial charge is 0.379 e. The van der Waals surface area contributed by atoms with Crippen molar-refractivity contribution >= 4 is 0 Å². The first-order chi connectivity index (χ1) is 8.55. The molecule has 18 heavy (non-hydrogen) atoms. The summed E-state index contributed by atoms with van der Waals surface area (Å²) in [4.78, 5) is 0. The van der Waals surface area contributed by atoms with Gasteiger partial charge in [0.05, 0.1) is 5.60 Å². The SMILES string of the molecule is CCCCCCCCC(CC(C)(C)OC)NCC. The van der Waals surface area contributed by atoms with E-state index in [1.165, 1.54) is 44.9 Å². The molecule has 0 radical (unpaired) electrons. The van der Waals surface area contributed by atoms with Crippen molar-refractivity contribution in [2.24, 2.45) is 0 Å². The fraction of sp³-hybridized carbons (Fsp3) is 1.00. The molecule has 0 aliphatic heterocycles. The van der Waals surface area contributed by atoms with Crippen LogP contribution < -0.4 is 5.32 Å². The lowest BCUT2D eigenvalue weighted by atomic mass is 9.94. The molecule has 0 aliphatic rings. The van der Waals surface area contributed by atoms with Crippen molar-refractivity contribution in [3.05, 3.63) is 0 Å². The molecular formula is C16H35NO. The van der Waals surface area contributed by atoms with E-state index in [0.717, 1.165) is 13.0 Å². The summed E-state index contributed by atoms with van der Waals surface area (Å²) in [5.74, 6) is 0. The Morgan fingerprint density at radius 1 is 1.00 bits per heavy atom. The summed E-state index contributed by atoms with van der Waals surface area (Å²) < 4.78 is 5.53. The summed E-state index contributed by atoms with van der Waals surface area (Å²) in [6, 6.07) is 0.608. The number of nitrogens with one attached hydrogen (secondary N) is 1. The molecule has 0 saturated heterocycles. The van der Waals surface area contributed by atoms with Crippen LogP contribution in [0.4, 0.5) is 0 Å². The predicted molar refractivity (Wildman–Crippen MR) is 81.2 cm³/mol. The van der Waals surface area contributed by atoms with Crippen LogP contribution in [0.25, 0.3) is 0 Å². The first-order valence-electron chi connectivity index (χ1n) is 7.84. The Labute approximate surface area is 115 Å². The van der Waals surface area contributed by atoms with E-state index < -0.39 is 0 Å². The van der Waals surface area contributed by atoms with Gasteiger partial charge in [-0.3, -0.25) is 0 Å². The molecule has 2 heteroatoms. The lowest BCUT2D eigenvalue weighted by Crippen LogP contribution is -2.37. The molecule has 1 atom stereocenters. The Kier molecular flexibility index (Phi) is 10.8. The molecule has 0 aromatic heterocycles. The third-order valence-corrected chi connectivity index (χ3v) is 3.69. The van der Waals surface area contributed by atoms with Crippen molar-refractivity contribution in [3.63, 3.8) is 0 Å². The van der Waals surface area contributed by atoms with Crippen LogP contribution in [0.1, 0.15) is 79.1 Å². The van der Waals surface area contributed by atoms with Gasteiger partial charge in [0.15, 0.2) is 0 Å². The van der Waals surface area contributed by atoms with E-state index in [-0.39, 0.29) is 5.60 Å². The summed E-state index contributed by atoms with van der Waals surface area (Å²) in [5, 5.41) is 3.60. The lowest BCUT2D eigenvalue weighted by molar-refractivity contribution is 0.00633. The van der Waals surface area contributed by atoms with Gasteiger partial charge in [-0.2, -0.15) is 0 Å². The summed E-state index contributed by atoms with van der Waals surface area (Å²) in [6.07, 6.45) is 10.7. The molecule has 0 aromatic carbocycles. The minimum atomic E-state index is -0.00491. The second-order valence-corrected chi connectivity index (χ2v) is 5.98. The van der Waals surface area contributed by atoms with E-state index in [2.05, 4.69) is 33.0 Å². The molecule has 0 bridgehead atoms. The van der Waals surface area contributed by atoms with Crippen molar-refractivity contribution in [3.8, 4) is 0 Å². The van der Waals surface area contributed by atoms with Gasteiger partial charge in [0.25, 0.3) is 0 Å². The van der Waals surface area contributed by atoms with Crippen LogP contribution >= 0.6 is 0 Å². The number of unbranched alkanes of at least 4 members (excludes halogenated alkanes) is 5. The molecule has 0 spiro atoms. The molecule has 0 fully saturated rings. The second kappa shape index (κ2) is 10.8. The third-order valence-electron chi connectivity index (χ3n) is 3.69. The van der Waals surface area contributed by atoms with Crippen molar-refractivity contribution in [1.29, 1.82) is 0 Å². The fourth-order valence-corrected chi connectivity index (χ4v) is 2.41. The predicted octanol–water partition coefficient (Wildman–Crippen LogP) is 4.53. The van der Waals surface area contributed by atoms with Crippen LogP contribution in [0.5, 0.6) is 0 Å². The van der Waals surface area contributed by atoms with Gasteiger partial charge in [-0.15, -0.1) is 0 Å². The first kappa shape index (κ1) is 17.9. The Hall–Kier alpha value is -0.0800. The smallest absolute Gasteiger partial charge is 0.0637 e. The minimum Gasteiger partial charge on any atom is -0.379 e. The number of methoxy groups -OCH3 is 1. The van der Waals surface area contributed by atoms with Gasteiger partial charge in [0.2, 0.25) is 0 Å². The maximum Gasteiger partial charge on any atom is 0.0637 e. The highest BCUT2D eigenvalue weighted by Gasteiger charge is 2.21. The zero-order chi connectivity index (χ0) is 13.9. The normalized spacial score (nSPS) is 13.8. The Bertz CT molecular complexity index is 180. The molecule has 0 amide bonds. The van der Waals surface area contributed by atoms with Gasteiger partial charge in [0.1, 0.15) is 0 Å². The van der Waals surface area contributed by atoms with E-state index in [1.807, 2.05) is 7.11 Å². The van der Waals surface area contributed by atoms with Gasteiger partial charge in [-0.1, -0.05) is 52.4 Å². The quantitative estimate of drug-likeness (QED) is 0.519. The summed E-state index contributed by atoms with van der Waals surface area (Å²) in [6.45, 7) is 9.87. The van der Waals surface area contributed by atoms with Crippen molar-refractivity contribution in [1.82, 2.24) is 5.32 Å². The Balaban J connectivity index is 3.76. The van der Waals surface area contributed by atoms with Gasteiger partial charge >= 0.3 is 0 Å². The van der Waals surface area contributed by atoms with Gasteiger partial charge in [-0.05, 0) is 33.2 Å². The molecule has 1 N–H and O–H groups in total. The molecule has 1 unspecified atom stereocenters. The van der Waals surface area contributed by atoms with Crippen LogP contribution in [0.3, 0.4) is 0 Å². The highest BCUT2D eigenvalue weighted by atomic mass is 16.5. The van der Waals surface area contributed by atoms with Gasteiger partial charge < -0.3 is 10.1 Å². The van der Waals surface area contributed by atoms with Crippen LogP contribution in [-0.4, -0.2) is 25.3 Å². The van der Waals surface area contributed by atoms with Crippen LogP contribution in [0, 0.1) is 0 Å². The van der Waals surface area contributed by atoms with E-state index >= 15 is 0 Å². The minimum absolute atomic E-state index is 0.00491. The number of rotatable bonds is 12. The Morgan fingerprint density at radius 2 is 1.61 bits per heavy atom. The van der Waals surface area contributed by atoms with Crippen molar-refractivity contribution < 1.29 is 4.74 Å². The van der Waals surface area contributed by atoms with E-state index in [9.17, 15) is 0 Å².